The molecule has 0 amide bonds. The second-order valence-electron chi connectivity index (χ2n) is 2.89. The molecule has 0 radical (unpaired) electrons. The van der Waals surface area contributed by atoms with Gasteiger partial charge < -0.3 is 0 Å². The molecule has 0 saturated carbocycles. The molecule has 0 saturated heterocycles. The van der Waals surface area contributed by atoms with Gasteiger partial charge in [-0.05, 0) is 18.4 Å². The van der Waals surface area contributed by atoms with Crippen LogP contribution in [0, 0.1) is 5.92 Å². The van der Waals surface area contributed by atoms with E-state index in [2.05, 4.69) is 0 Å². The molecule has 0 bridgehead atoms. The largest absolute Gasteiger partial charge is 0.475 e. The maximum absolute atomic E-state index is 12.0. The minimum Gasteiger partial charge on any atom is -0.245 e. The first-order valence-corrected chi connectivity index (χ1v) is 4.93. The summed E-state index contributed by atoms with van der Waals surface area (Å²) in [5.41, 5.74) is -4.64. The molecule has 0 aromatic rings. The van der Waals surface area contributed by atoms with Gasteiger partial charge in [0.2, 0.25) is 0 Å². The lowest BCUT2D eigenvalue weighted by Gasteiger charge is -2.12. The maximum atomic E-state index is 12.0. The number of halogens is 3. The van der Waals surface area contributed by atoms with Gasteiger partial charge in [0, 0.05) is 4.91 Å². The van der Waals surface area contributed by atoms with Crippen LogP contribution in [0.4, 0.5) is 13.2 Å². The summed E-state index contributed by atoms with van der Waals surface area (Å²) in [4.78, 5) is -0.134. The van der Waals surface area contributed by atoms with E-state index in [0.29, 0.717) is 6.42 Å². The van der Waals surface area contributed by atoms with Crippen LogP contribution in [0.3, 0.4) is 0 Å². The van der Waals surface area contributed by atoms with Gasteiger partial charge >= 0.3 is 5.51 Å². The SMILES string of the molecule is CC1C=CC(S(=O)C(F)(F)F)=CC1. The molecule has 2 atom stereocenters. The van der Waals surface area contributed by atoms with Crippen LogP contribution in [0.5, 0.6) is 0 Å². The summed E-state index contributed by atoms with van der Waals surface area (Å²) in [6.07, 6.45) is 4.83. The third-order valence-corrected chi connectivity index (χ3v) is 2.86. The van der Waals surface area contributed by atoms with E-state index in [9.17, 15) is 17.4 Å². The first kappa shape index (κ1) is 10.5. The van der Waals surface area contributed by atoms with Crippen LogP contribution < -0.4 is 0 Å². The van der Waals surface area contributed by atoms with Gasteiger partial charge in [-0.25, -0.2) is 4.21 Å². The average Bonchev–Trinajstić information content (AvgIpc) is 2.03. The monoisotopic (exact) mass is 210 g/mol. The molecule has 0 spiro atoms. The van der Waals surface area contributed by atoms with Gasteiger partial charge in [-0.3, -0.25) is 0 Å². The summed E-state index contributed by atoms with van der Waals surface area (Å²) in [5.74, 6) is 0.231. The highest BCUT2D eigenvalue weighted by atomic mass is 32.2. The van der Waals surface area contributed by atoms with Gasteiger partial charge in [0.25, 0.3) is 0 Å². The van der Waals surface area contributed by atoms with Crippen LogP contribution in [0.15, 0.2) is 23.1 Å². The van der Waals surface area contributed by atoms with Gasteiger partial charge in [-0.1, -0.05) is 19.1 Å². The molecular formula is C8H9F3OS. The molecule has 1 aliphatic carbocycles. The van der Waals surface area contributed by atoms with E-state index < -0.39 is 16.3 Å². The fourth-order valence-electron chi connectivity index (χ4n) is 0.979. The second-order valence-corrected chi connectivity index (χ2v) is 4.36. The van der Waals surface area contributed by atoms with Crippen molar-refractivity contribution in [1.29, 1.82) is 0 Å². The Labute approximate surface area is 76.8 Å². The van der Waals surface area contributed by atoms with Crippen molar-refractivity contribution in [3.8, 4) is 0 Å². The van der Waals surface area contributed by atoms with Crippen LogP contribution in [0.2, 0.25) is 0 Å². The number of alkyl halides is 3. The molecule has 2 unspecified atom stereocenters. The zero-order valence-electron chi connectivity index (χ0n) is 6.97. The van der Waals surface area contributed by atoms with Crippen molar-refractivity contribution in [2.45, 2.75) is 18.9 Å². The Kier molecular flexibility index (Phi) is 2.95. The summed E-state index contributed by atoms with van der Waals surface area (Å²) in [7, 11) is -2.86. The molecule has 0 aromatic heterocycles. The zero-order chi connectivity index (χ0) is 10.1. The Bertz CT molecular complexity index is 278. The molecule has 0 aromatic carbocycles. The number of rotatable bonds is 1. The lowest BCUT2D eigenvalue weighted by atomic mass is 10.0. The topological polar surface area (TPSA) is 17.1 Å². The first-order chi connectivity index (χ1) is 5.91. The van der Waals surface area contributed by atoms with Crippen LogP contribution in [0.1, 0.15) is 13.3 Å². The Balaban J connectivity index is 2.76. The van der Waals surface area contributed by atoms with Gasteiger partial charge in [-0.2, -0.15) is 13.2 Å². The van der Waals surface area contributed by atoms with Gasteiger partial charge in [0.15, 0.2) is 10.8 Å². The first-order valence-electron chi connectivity index (χ1n) is 3.78. The molecule has 1 aliphatic rings. The van der Waals surface area contributed by atoms with Crippen LogP contribution >= 0.6 is 0 Å². The molecule has 0 aliphatic heterocycles. The van der Waals surface area contributed by atoms with Crippen LogP contribution in [-0.2, 0) is 10.8 Å². The highest BCUT2D eigenvalue weighted by Gasteiger charge is 2.38. The van der Waals surface area contributed by atoms with Crippen LogP contribution in [0.25, 0.3) is 0 Å². The van der Waals surface area contributed by atoms with Gasteiger partial charge in [0.1, 0.15) is 0 Å². The maximum Gasteiger partial charge on any atom is 0.475 e. The summed E-state index contributed by atoms with van der Waals surface area (Å²) >= 11 is 0. The standard InChI is InChI=1S/C8H9F3OS/c1-6-2-4-7(5-3-6)13(12)8(9,10)11/h2,4-6H,3H2,1H3. The van der Waals surface area contributed by atoms with Crippen molar-refractivity contribution in [2.75, 3.05) is 0 Å². The highest BCUT2D eigenvalue weighted by molar-refractivity contribution is 7.90. The molecule has 5 heteroatoms. The predicted octanol–water partition coefficient (Wildman–Crippen LogP) is 2.73. The van der Waals surface area contributed by atoms with E-state index in [4.69, 9.17) is 0 Å². The molecule has 1 rings (SSSR count). The van der Waals surface area contributed by atoms with Crippen LogP contribution in [-0.4, -0.2) is 9.72 Å². The smallest absolute Gasteiger partial charge is 0.245 e. The van der Waals surface area contributed by atoms with Crippen molar-refractivity contribution in [1.82, 2.24) is 0 Å². The number of allylic oxidation sites excluding steroid dienone is 3. The molecule has 0 heterocycles. The molecule has 0 N–H and O–H groups in total. The van der Waals surface area contributed by atoms with Crippen molar-refractivity contribution in [2.24, 2.45) is 5.92 Å². The molecule has 1 nitrogen and oxygen atoms in total. The van der Waals surface area contributed by atoms with Crippen molar-refractivity contribution in [3.63, 3.8) is 0 Å². The number of hydrogen-bond donors (Lipinski definition) is 0. The average molecular weight is 210 g/mol. The summed E-state index contributed by atoms with van der Waals surface area (Å²) in [5, 5.41) is 0. The van der Waals surface area contributed by atoms with E-state index in [1.807, 2.05) is 6.92 Å². The molecule has 13 heavy (non-hydrogen) atoms. The second kappa shape index (κ2) is 3.65. The van der Waals surface area contributed by atoms with E-state index in [-0.39, 0.29) is 10.8 Å². The Hall–Kier alpha value is -0.580. The summed E-state index contributed by atoms with van der Waals surface area (Å²) in [6.45, 7) is 1.89. The predicted molar refractivity (Wildman–Crippen MR) is 45.2 cm³/mol. The van der Waals surface area contributed by atoms with Gasteiger partial charge in [-0.15, -0.1) is 0 Å². The van der Waals surface area contributed by atoms with E-state index >= 15 is 0 Å². The Morgan fingerprint density at radius 2 is 2.15 bits per heavy atom. The summed E-state index contributed by atoms with van der Waals surface area (Å²) in [6, 6.07) is 0. The third kappa shape index (κ3) is 2.69. The zero-order valence-corrected chi connectivity index (χ0v) is 7.78. The minimum atomic E-state index is -4.64. The lowest BCUT2D eigenvalue weighted by molar-refractivity contribution is -0.0376. The van der Waals surface area contributed by atoms with E-state index in [0.717, 1.165) is 0 Å². The quantitative estimate of drug-likeness (QED) is 0.650. The van der Waals surface area contributed by atoms with Crippen molar-refractivity contribution < 1.29 is 17.4 Å². The van der Waals surface area contributed by atoms with Gasteiger partial charge in [0.05, 0.1) is 0 Å². The van der Waals surface area contributed by atoms with E-state index in [1.54, 1.807) is 6.08 Å². The highest BCUT2D eigenvalue weighted by Crippen LogP contribution is 2.28. The molecular weight excluding hydrogens is 201 g/mol. The normalized spacial score (nSPS) is 25.5. The lowest BCUT2D eigenvalue weighted by Crippen LogP contribution is -2.18. The molecule has 0 fully saturated rings. The molecule has 74 valence electrons. The Morgan fingerprint density at radius 1 is 1.54 bits per heavy atom. The fourth-order valence-corrected chi connectivity index (χ4v) is 1.70. The van der Waals surface area contributed by atoms with Crippen molar-refractivity contribution in [3.05, 3.63) is 23.1 Å². The fraction of sp³-hybridized carbons (Fsp3) is 0.500. The van der Waals surface area contributed by atoms with E-state index in [1.165, 1.54) is 12.2 Å². The Morgan fingerprint density at radius 3 is 2.54 bits per heavy atom. The summed E-state index contributed by atoms with van der Waals surface area (Å²) < 4.78 is 46.7. The number of hydrogen-bond acceptors (Lipinski definition) is 1. The minimum absolute atomic E-state index is 0.134. The third-order valence-electron chi connectivity index (χ3n) is 1.70. The van der Waals surface area contributed by atoms with Crippen molar-refractivity contribution >= 4 is 10.8 Å².